The number of rotatable bonds is 8. The summed E-state index contributed by atoms with van der Waals surface area (Å²) in [6, 6.07) is -0.532. The van der Waals surface area contributed by atoms with Gasteiger partial charge in [0, 0.05) is 5.92 Å². The van der Waals surface area contributed by atoms with Gasteiger partial charge in [-0.25, -0.2) is 18.7 Å². The van der Waals surface area contributed by atoms with E-state index in [0.717, 1.165) is 0 Å². The van der Waals surface area contributed by atoms with E-state index in [1.165, 1.54) is 6.33 Å². The summed E-state index contributed by atoms with van der Waals surface area (Å²) in [6.45, 7) is 2.74. The van der Waals surface area contributed by atoms with Crippen molar-refractivity contribution < 1.29 is 55.9 Å². The summed E-state index contributed by atoms with van der Waals surface area (Å²) in [7, 11) is -16.5. The Labute approximate surface area is 195 Å². The maximum atomic E-state index is 12.1. The smallest absolute Gasteiger partial charge is 0.369 e. The summed E-state index contributed by atoms with van der Waals surface area (Å²) < 4.78 is 60.2. The lowest BCUT2D eigenvalue weighted by atomic mass is 10.1. The summed E-state index contributed by atoms with van der Waals surface area (Å²) in [6.07, 6.45) is 0.229. The first-order chi connectivity index (χ1) is 16.0. The number of imidazole rings is 1. The van der Waals surface area contributed by atoms with Crippen LogP contribution in [0.3, 0.4) is 0 Å². The zero-order valence-corrected chi connectivity index (χ0v) is 20.7. The average Bonchev–Trinajstić information content (AvgIpc) is 3.28. The van der Waals surface area contributed by atoms with Crippen LogP contribution in [0.2, 0.25) is 0 Å². The number of anilines is 1. The second-order valence-electron chi connectivity index (χ2n) is 8.29. The minimum absolute atomic E-state index is 0.0330. The SMILES string of the molecule is CC1(C)OC2C(O1)[C@H](n1cnc3c(=O)[nH]c(N)nc31)C[C@@H]2COP(=O)(O)OP(=O)(O)OP(=O)(O)O. The fraction of sp³-hybridized carbons (Fsp3) is 0.643. The van der Waals surface area contributed by atoms with Gasteiger partial charge in [0.25, 0.3) is 5.56 Å². The lowest BCUT2D eigenvalue weighted by Gasteiger charge is -2.24. The fourth-order valence-electron chi connectivity index (χ4n) is 4.17. The lowest BCUT2D eigenvalue weighted by Crippen LogP contribution is -2.28. The number of aromatic amines is 1. The van der Waals surface area contributed by atoms with Crippen LogP contribution in [0.4, 0.5) is 5.95 Å². The van der Waals surface area contributed by atoms with Crippen molar-refractivity contribution in [2.24, 2.45) is 5.92 Å². The normalized spacial score (nSPS) is 29.7. The van der Waals surface area contributed by atoms with Gasteiger partial charge < -0.3 is 39.3 Å². The first kappa shape index (κ1) is 26.5. The number of phosphoric acid groups is 3. The third-order valence-corrected chi connectivity index (χ3v) is 9.03. The molecule has 35 heavy (non-hydrogen) atoms. The number of phosphoric ester groups is 1. The van der Waals surface area contributed by atoms with Crippen LogP contribution in [-0.2, 0) is 36.3 Å². The zero-order chi connectivity index (χ0) is 26.0. The molecule has 1 aliphatic heterocycles. The van der Waals surface area contributed by atoms with E-state index in [1.54, 1.807) is 18.4 Å². The van der Waals surface area contributed by atoms with Gasteiger partial charge in [-0.3, -0.25) is 14.3 Å². The third kappa shape index (κ3) is 5.91. The molecule has 1 aliphatic carbocycles. The average molecular weight is 561 g/mol. The molecule has 1 saturated carbocycles. The molecule has 196 valence electrons. The van der Waals surface area contributed by atoms with Gasteiger partial charge in [0.15, 0.2) is 17.0 Å². The summed E-state index contributed by atoms with van der Waals surface area (Å²) in [5.74, 6) is -1.83. The van der Waals surface area contributed by atoms with Gasteiger partial charge in [0.1, 0.15) is 6.10 Å². The lowest BCUT2D eigenvalue weighted by molar-refractivity contribution is -0.161. The summed E-state index contributed by atoms with van der Waals surface area (Å²) in [4.78, 5) is 59.0. The topological polar surface area (TPSA) is 268 Å². The molecule has 2 aromatic heterocycles. The highest BCUT2D eigenvalue weighted by Gasteiger charge is 2.55. The maximum absolute atomic E-state index is 12.1. The zero-order valence-electron chi connectivity index (χ0n) is 18.0. The third-order valence-electron chi connectivity index (χ3n) is 5.23. The number of aromatic nitrogens is 4. The van der Waals surface area contributed by atoms with Crippen molar-refractivity contribution in [2.45, 2.75) is 44.3 Å². The van der Waals surface area contributed by atoms with Crippen molar-refractivity contribution in [3.8, 4) is 0 Å². The van der Waals surface area contributed by atoms with Gasteiger partial charge in [0.2, 0.25) is 5.95 Å². The van der Waals surface area contributed by atoms with Gasteiger partial charge in [-0.05, 0) is 20.3 Å². The Morgan fingerprint density at radius 3 is 2.49 bits per heavy atom. The first-order valence-electron chi connectivity index (χ1n) is 9.82. The molecule has 6 atom stereocenters. The van der Waals surface area contributed by atoms with E-state index in [-0.39, 0.29) is 23.5 Å². The molecule has 4 unspecified atom stereocenters. The van der Waals surface area contributed by atoms with Crippen molar-refractivity contribution in [1.82, 2.24) is 19.5 Å². The second kappa shape index (κ2) is 8.80. The monoisotopic (exact) mass is 561 g/mol. The molecule has 2 fully saturated rings. The molecule has 0 bridgehead atoms. The highest BCUT2D eigenvalue weighted by Crippen LogP contribution is 2.66. The Morgan fingerprint density at radius 2 is 1.83 bits per heavy atom. The summed E-state index contributed by atoms with van der Waals surface area (Å²) >= 11 is 0. The largest absolute Gasteiger partial charge is 0.490 e. The van der Waals surface area contributed by atoms with Crippen LogP contribution >= 0.6 is 23.5 Å². The van der Waals surface area contributed by atoms with Crippen molar-refractivity contribution in [1.29, 1.82) is 0 Å². The number of nitrogens with two attached hydrogens (primary N) is 1. The Kier molecular flexibility index (Phi) is 6.67. The minimum atomic E-state index is -5.65. The Hall–Kier alpha value is -1.52. The summed E-state index contributed by atoms with van der Waals surface area (Å²) in [5.41, 5.74) is 5.32. The van der Waals surface area contributed by atoms with Gasteiger partial charge in [0.05, 0.1) is 25.1 Å². The predicted octanol–water partition coefficient (Wildman–Crippen LogP) is 0.126. The molecule has 2 aromatic rings. The molecular weight excluding hydrogens is 539 g/mol. The van der Waals surface area contributed by atoms with E-state index in [0.29, 0.717) is 0 Å². The molecule has 18 nitrogen and oxygen atoms in total. The van der Waals surface area contributed by atoms with Crippen molar-refractivity contribution in [3.05, 3.63) is 16.7 Å². The van der Waals surface area contributed by atoms with Crippen molar-refractivity contribution in [2.75, 3.05) is 12.3 Å². The highest BCUT2D eigenvalue weighted by molar-refractivity contribution is 7.66. The van der Waals surface area contributed by atoms with E-state index in [4.69, 9.17) is 29.5 Å². The Balaban J connectivity index is 1.55. The number of hydrogen-bond donors (Lipinski definition) is 6. The number of H-pyrrole nitrogens is 1. The molecular formula is C14H22N5O13P3. The number of hydrogen-bond acceptors (Lipinski definition) is 12. The van der Waals surface area contributed by atoms with Gasteiger partial charge in [-0.15, -0.1) is 0 Å². The highest BCUT2D eigenvalue weighted by atomic mass is 31.3. The van der Waals surface area contributed by atoms with Crippen LogP contribution in [0.5, 0.6) is 0 Å². The van der Waals surface area contributed by atoms with Crippen LogP contribution in [0.25, 0.3) is 11.2 Å². The number of nitrogen functional groups attached to an aromatic ring is 1. The number of nitrogens with one attached hydrogen (secondary N) is 1. The maximum Gasteiger partial charge on any atom is 0.490 e. The van der Waals surface area contributed by atoms with Crippen LogP contribution in [-0.4, -0.2) is 63.7 Å². The molecule has 0 aromatic carbocycles. The molecule has 3 heterocycles. The van der Waals surface area contributed by atoms with Crippen LogP contribution in [0.1, 0.15) is 26.3 Å². The molecule has 0 spiro atoms. The van der Waals surface area contributed by atoms with Crippen molar-refractivity contribution in [3.63, 3.8) is 0 Å². The van der Waals surface area contributed by atoms with Gasteiger partial charge in [-0.2, -0.15) is 13.6 Å². The Bertz CT molecular complexity index is 1340. The van der Waals surface area contributed by atoms with Crippen LogP contribution in [0, 0.1) is 5.92 Å². The van der Waals surface area contributed by atoms with E-state index >= 15 is 0 Å². The molecule has 1 saturated heterocycles. The number of fused-ring (bicyclic) bond motifs is 2. The number of ether oxygens (including phenoxy) is 2. The molecule has 4 rings (SSSR count). The number of nitrogens with zero attached hydrogens (tertiary/aromatic N) is 3. The van der Waals surface area contributed by atoms with Crippen LogP contribution in [0.15, 0.2) is 11.1 Å². The van der Waals surface area contributed by atoms with E-state index in [2.05, 4.69) is 23.6 Å². The fourth-order valence-corrected chi connectivity index (χ4v) is 7.25. The molecule has 7 N–H and O–H groups in total. The van der Waals surface area contributed by atoms with Gasteiger partial charge in [-0.1, -0.05) is 0 Å². The van der Waals surface area contributed by atoms with Gasteiger partial charge >= 0.3 is 23.5 Å². The minimum Gasteiger partial charge on any atom is -0.369 e. The summed E-state index contributed by atoms with van der Waals surface area (Å²) in [5, 5.41) is 0. The van der Waals surface area contributed by atoms with E-state index in [9.17, 15) is 28.3 Å². The molecule has 0 amide bonds. The van der Waals surface area contributed by atoms with E-state index < -0.39 is 65.6 Å². The quantitative estimate of drug-likeness (QED) is 0.234. The van der Waals surface area contributed by atoms with Crippen LogP contribution < -0.4 is 11.3 Å². The van der Waals surface area contributed by atoms with E-state index in [1.807, 2.05) is 0 Å². The standard InChI is InChI=1S/C14H22N5O13P3/c1-14(2)29-9-6(4-28-34(24,25)32-35(26,27)31-33(21,22)23)3-7(10(9)30-14)19-5-16-8-11(19)17-13(15)18-12(8)20/h5-7,9-10H,3-4H2,1-2H3,(H,24,25)(H,26,27)(H2,21,22,23)(H3,15,17,18,20)/t6-,7-,9?,10?/m1/s1. The molecule has 21 heteroatoms. The molecule has 2 aliphatic rings. The molecule has 0 radical (unpaired) electrons. The predicted molar refractivity (Wildman–Crippen MR) is 113 cm³/mol. The second-order valence-corrected chi connectivity index (χ2v) is 12.7. The first-order valence-corrected chi connectivity index (χ1v) is 14.3. The van der Waals surface area contributed by atoms with Crippen molar-refractivity contribution >= 4 is 40.6 Å². The Morgan fingerprint density at radius 1 is 1.17 bits per heavy atom.